The number of carbonyl (C=O) groups excluding carboxylic acids is 4. The minimum Gasteiger partial charge on any atom is -0.382 e. The van der Waals surface area contributed by atoms with Gasteiger partial charge in [0, 0.05) is 24.7 Å². The van der Waals surface area contributed by atoms with E-state index in [2.05, 4.69) is 57.1 Å². The standard InChI is InChI=1S/C42H43ClN6O5/c1-42(2)28-21-25(11-14-31(28)48-32-8-4-6-29(43)36(32)38(52)46-41(42)48)24-17-19-47(20-18-24)22-23-9-12-26(13-10-23)44-30-7-3-5-27-35(30)40(54)49(39(27)53)33-15-16-34(50)45-37(33)51/h3-8,11,14,21,23-24,26,33,44H,9-10,12-13,15-20,22H2,1-2H3,(H,45,50,51). The number of piperidine rings is 2. The molecule has 4 aliphatic heterocycles. The summed E-state index contributed by atoms with van der Waals surface area (Å²) < 4.78 is 2.11. The molecule has 1 saturated carbocycles. The highest BCUT2D eigenvalue weighted by atomic mass is 35.5. The third-order valence-corrected chi connectivity index (χ3v) is 12.9. The van der Waals surface area contributed by atoms with E-state index in [4.69, 9.17) is 11.6 Å². The molecule has 1 aromatic heterocycles. The van der Waals surface area contributed by atoms with E-state index in [-0.39, 0.29) is 30.3 Å². The molecule has 0 bridgehead atoms. The molecular weight excluding hydrogens is 704 g/mol. The average Bonchev–Trinajstić information content (AvgIpc) is 3.54. The van der Waals surface area contributed by atoms with Crippen molar-refractivity contribution in [1.82, 2.24) is 24.7 Å². The number of aromatic nitrogens is 2. The highest BCUT2D eigenvalue weighted by molar-refractivity contribution is 6.35. The molecule has 2 N–H and O–H groups in total. The zero-order valence-corrected chi connectivity index (χ0v) is 31.2. The molecule has 5 heterocycles. The van der Waals surface area contributed by atoms with Crippen molar-refractivity contribution in [3.63, 3.8) is 0 Å². The van der Waals surface area contributed by atoms with Crippen molar-refractivity contribution in [2.45, 2.75) is 88.6 Å². The lowest BCUT2D eigenvalue weighted by molar-refractivity contribution is -0.136. The van der Waals surface area contributed by atoms with Crippen LogP contribution in [-0.4, -0.2) is 74.7 Å². The van der Waals surface area contributed by atoms with Crippen molar-refractivity contribution in [3.8, 4) is 5.69 Å². The summed E-state index contributed by atoms with van der Waals surface area (Å²) in [5.41, 5.74) is 4.94. The summed E-state index contributed by atoms with van der Waals surface area (Å²) in [6.45, 7) is 7.48. The number of nitrogens with one attached hydrogen (secondary N) is 2. The fourth-order valence-electron chi connectivity index (χ4n) is 9.67. The van der Waals surface area contributed by atoms with Gasteiger partial charge in [0.1, 0.15) is 11.9 Å². The maximum absolute atomic E-state index is 13.5. The summed E-state index contributed by atoms with van der Waals surface area (Å²) in [6.07, 6.45) is 6.53. The second kappa shape index (κ2) is 13.2. The van der Waals surface area contributed by atoms with Gasteiger partial charge in [-0.1, -0.05) is 35.9 Å². The molecule has 0 radical (unpaired) electrons. The minimum atomic E-state index is -0.978. The Labute approximate surface area is 318 Å². The van der Waals surface area contributed by atoms with E-state index in [9.17, 15) is 24.0 Å². The van der Waals surface area contributed by atoms with Crippen molar-refractivity contribution in [1.29, 1.82) is 0 Å². The molecule has 1 aliphatic carbocycles. The van der Waals surface area contributed by atoms with Gasteiger partial charge in [-0.3, -0.25) is 38.8 Å². The van der Waals surface area contributed by atoms with Gasteiger partial charge in [-0.05, 0) is 125 Å². The lowest BCUT2D eigenvalue weighted by Gasteiger charge is -2.37. The lowest BCUT2D eigenvalue weighted by atomic mass is 9.81. The molecule has 4 aromatic rings. The fourth-order valence-corrected chi connectivity index (χ4v) is 9.92. The Morgan fingerprint density at radius 1 is 0.889 bits per heavy atom. The number of benzene rings is 3. The Bertz CT molecular complexity index is 2320. The number of fused-ring (bicyclic) bond motifs is 6. The van der Waals surface area contributed by atoms with E-state index >= 15 is 0 Å². The Morgan fingerprint density at radius 3 is 2.41 bits per heavy atom. The van der Waals surface area contributed by atoms with E-state index < -0.39 is 29.2 Å². The third-order valence-electron chi connectivity index (χ3n) is 12.6. The largest absolute Gasteiger partial charge is 0.382 e. The molecule has 9 rings (SSSR count). The van der Waals surface area contributed by atoms with Crippen LogP contribution in [0.1, 0.15) is 109 Å². The quantitative estimate of drug-likeness (QED) is 0.232. The molecule has 11 nitrogen and oxygen atoms in total. The Hall–Kier alpha value is -4.87. The maximum Gasteiger partial charge on any atom is 0.282 e. The zero-order valence-electron chi connectivity index (χ0n) is 30.5. The zero-order chi connectivity index (χ0) is 37.5. The van der Waals surface area contributed by atoms with Gasteiger partial charge < -0.3 is 10.2 Å². The molecule has 3 aromatic carbocycles. The predicted octanol–water partition coefficient (Wildman–Crippen LogP) is 5.93. The van der Waals surface area contributed by atoms with Crippen LogP contribution in [0.4, 0.5) is 5.69 Å². The number of imide groups is 2. The Morgan fingerprint density at radius 2 is 1.65 bits per heavy atom. The Kier molecular flexibility index (Phi) is 8.50. The van der Waals surface area contributed by atoms with Crippen LogP contribution in [0.15, 0.2) is 59.4 Å². The predicted molar refractivity (Wildman–Crippen MR) is 205 cm³/mol. The number of hydrogen-bond acceptors (Lipinski definition) is 8. The first-order valence-corrected chi connectivity index (χ1v) is 19.6. The molecule has 54 heavy (non-hydrogen) atoms. The fraction of sp³-hybridized carbons (Fsp3) is 0.429. The van der Waals surface area contributed by atoms with E-state index in [1.807, 2.05) is 18.2 Å². The normalized spacial score (nSPS) is 24.1. The second-order valence-electron chi connectivity index (χ2n) is 16.2. The lowest BCUT2D eigenvalue weighted by Crippen LogP contribution is -2.54. The van der Waals surface area contributed by atoms with Crippen molar-refractivity contribution in [2.24, 2.45) is 5.92 Å². The highest BCUT2D eigenvalue weighted by Gasteiger charge is 2.46. The number of halogens is 1. The average molecular weight is 747 g/mol. The maximum atomic E-state index is 13.5. The molecule has 3 fully saturated rings. The van der Waals surface area contributed by atoms with Crippen LogP contribution in [0.2, 0.25) is 5.02 Å². The van der Waals surface area contributed by atoms with Crippen LogP contribution in [-0.2, 0) is 15.0 Å². The first-order valence-electron chi connectivity index (χ1n) is 19.2. The summed E-state index contributed by atoms with van der Waals surface area (Å²) in [6, 6.07) is 16.8. The van der Waals surface area contributed by atoms with Gasteiger partial charge in [0.2, 0.25) is 11.8 Å². The molecule has 2 saturated heterocycles. The van der Waals surface area contributed by atoms with Gasteiger partial charge in [0.15, 0.2) is 0 Å². The molecule has 4 amide bonds. The van der Waals surface area contributed by atoms with Gasteiger partial charge in [0.25, 0.3) is 17.4 Å². The van der Waals surface area contributed by atoms with Crippen LogP contribution in [0.25, 0.3) is 16.6 Å². The number of rotatable bonds is 6. The molecule has 278 valence electrons. The summed E-state index contributed by atoms with van der Waals surface area (Å²) >= 11 is 6.46. The molecule has 5 aliphatic rings. The molecule has 0 spiro atoms. The van der Waals surface area contributed by atoms with Crippen LogP contribution in [0.3, 0.4) is 0 Å². The molecule has 1 unspecified atom stereocenters. The monoisotopic (exact) mass is 746 g/mol. The van der Waals surface area contributed by atoms with Crippen LogP contribution < -0.4 is 16.2 Å². The highest BCUT2D eigenvalue weighted by Crippen LogP contribution is 2.45. The van der Waals surface area contributed by atoms with Gasteiger partial charge in [-0.25, -0.2) is 0 Å². The number of amides is 4. The topological polar surface area (TPSA) is 134 Å². The smallest absolute Gasteiger partial charge is 0.282 e. The second-order valence-corrected chi connectivity index (χ2v) is 16.6. The van der Waals surface area contributed by atoms with Crippen molar-refractivity contribution >= 4 is 51.8 Å². The van der Waals surface area contributed by atoms with Gasteiger partial charge in [0.05, 0.1) is 38.2 Å². The summed E-state index contributed by atoms with van der Waals surface area (Å²) in [4.78, 5) is 72.3. The van der Waals surface area contributed by atoms with E-state index in [0.717, 1.165) is 80.1 Å². The summed E-state index contributed by atoms with van der Waals surface area (Å²) in [5, 5.41) is 6.72. The van der Waals surface area contributed by atoms with Gasteiger partial charge in [-0.15, -0.1) is 0 Å². The summed E-state index contributed by atoms with van der Waals surface area (Å²) in [5.74, 6) is -0.131. The number of carbonyl (C=O) groups is 4. The van der Waals surface area contributed by atoms with Gasteiger partial charge in [-0.2, -0.15) is 4.98 Å². The summed E-state index contributed by atoms with van der Waals surface area (Å²) in [7, 11) is 0. The van der Waals surface area contributed by atoms with Crippen molar-refractivity contribution in [2.75, 3.05) is 25.0 Å². The molecule has 1 atom stereocenters. The van der Waals surface area contributed by atoms with E-state index in [0.29, 0.717) is 39.1 Å². The number of nitrogens with zero attached hydrogens (tertiary/aromatic N) is 4. The number of likely N-dealkylation sites (tertiary alicyclic amines) is 1. The van der Waals surface area contributed by atoms with E-state index in [1.54, 1.807) is 18.2 Å². The van der Waals surface area contributed by atoms with Crippen LogP contribution in [0.5, 0.6) is 0 Å². The van der Waals surface area contributed by atoms with Crippen LogP contribution >= 0.6 is 11.6 Å². The Balaban J connectivity index is 0.808. The first-order chi connectivity index (χ1) is 26.0. The number of hydrogen-bond donors (Lipinski definition) is 2. The van der Waals surface area contributed by atoms with E-state index in [1.165, 1.54) is 11.1 Å². The van der Waals surface area contributed by atoms with Crippen molar-refractivity contribution < 1.29 is 19.2 Å². The van der Waals surface area contributed by atoms with Gasteiger partial charge >= 0.3 is 0 Å². The first kappa shape index (κ1) is 34.9. The number of anilines is 1. The third kappa shape index (κ3) is 5.66. The van der Waals surface area contributed by atoms with Crippen LogP contribution in [0, 0.1) is 5.92 Å². The molecular formula is C42H43ClN6O5. The van der Waals surface area contributed by atoms with Crippen molar-refractivity contribution in [3.05, 3.63) is 98.1 Å². The SMILES string of the molecule is CC1(C)c2cc(C3CCN(CC4CCC(Nc5cccc6c5C(=O)N(C5CCC(=O)NC5=O)C6=O)CC4)CC3)ccc2-n2c1nc(=O)c1c(Cl)cccc12. The molecule has 12 heteroatoms. The minimum absolute atomic E-state index is 0.0939.